The van der Waals surface area contributed by atoms with Gasteiger partial charge in [-0.05, 0) is 12.8 Å². The van der Waals surface area contributed by atoms with Crippen molar-refractivity contribution in [3.63, 3.8) is 0 Å². The molecule has 2 rings (SSSR count). The molecule has 1 aromatic rings. The van der Waals surface area contributed by atoms with Crippen LogP contribution in [0.5, 0.6) is 0 Å². The molecule has 1 heterocycles. The van der Waals surface area contributed by atoms with E-state index in [0.717, 1.165) is 12.8 Å². The number of aliphatic hydroxyl groups is 2. The highest BCUT2D eigenvalue weighted by molar-refractivity contribution is 4.91. The van der Waals surface area contributed by atoms with Crippen LogP contribution in [0.4, 0.5) is 0 Å². The first-order chi connectivity index (χ1) is 7.28. The highest BCUT2D eigenvalue weighted by Crippen LogP contribution is 2.38. The van der Waals surface area contributed by atoms with Crippen molar-refractivity contribution in [3.05, 3.63) is 11.9 Å². The zero-order valence-electron chi connectivity index (χ0n) is 8.76. The summed E-state index contributed by atoms with van der Waals surface area (Å²) < 4.78 is 1.73. The fourth-order valence-corrected chi connectivity index (χ4v) is 2.32. The Labute approximate surface area is 88.7 Å². The minimum Gasteiger partial charge on any atom is -0.396 e. The van der Waals surface area contributed by atoms with Crippen molar-refractivity contribution in [1.29, 1.82) is 0 Å². The van der Waals surface area contributed by atoms with E-state index in [1.54, 1.807) is 10.9 Å². The van der Waals surface area contributed by atoms with Crippen molar-refractivity contribution < 1.29 is 10.2 Å². The van der Waals surface area contributed by atoms with Gasteiger partial charge < -0.3 is 10.2 Å². The topological polar surface area (TPSA) is 71.2 Å². The third kappa shape index (κ3) is 2.18. The molecule has 0 aromatic carbocycles. The maximum Gasteiger partial charge on any atom is 0.108 e. The summed E-state index contributed by atoms with van der Waals surface area (Å²) in [6.07, 6.45) is 6.22. The van der Waals surface area contributed by atoms with Crippen LogP contribution in [0.2, 0.25) is 0 Å². The molecule has 1 aliphatic rings. The molecule has 0 atom stereocenters. The molecule has 15 heavy (non-hydrogen) atoms. The fourth-order valence-electron chi connectivity index (χ4n) is 2.32. The van der Waals surface area contributed by atoms with E-state index < -0.39 is 0 Å². The molecule has 5 nitrogen and oxygen atoms in total. The van der Waals surface area contributed by atoms with Crippen molar-refractivity contribution in [2.75, 3.05) is 6.61 Å². The number of aromatic nitrogens is 3. The lowest BCUT2D eigenvalue weighted by atomic mass is 9.87. The summed E-state index contributed by atoms with van der Waals surface area (Å²) in [6.45, 7) is 0.837. The maximum absolute atomic E-state index is 9.43. The lowest BCUT2D eigenvalue weighted by Gasteiger charge is -2.25. The van der Waals surface area contributed by atoms with Crippen LogP contribution in [0, 0.1) is 5.41 Å². The first-order valence-corrected chi connectivity index (χ1v) is 5.39. The monoisotopic (exact) mass is 211 g/mol. The molecule has 0 bridgehead atoms. The lowest BCUT2D eigenvalue weighted by Crippen LogP contribution is -2.28. The van der Waals surface area contributed by atoms with Gasteiger partial charge in [0.25, 0.3) is 0 Å². The van der Waals surface area contributed by atoms with Gasteiger partial charge in [-0.3, -0.25) is 4.68 Å². The number of hydrogen-bond acceptors (Lipinski definition) is 4. The Morgan fingerprint density at radius 2 is 2.07 bits per heavy atom. The molecule has 1 aliphatic carbocycles. The van der Waals surface area contributed by atoms with E-state index >= 15 is 0 Å². The molecule has 0 saturated heterocycles. The van der Waals surface area contributed by atoms with Crippen molar-refractivity contribution >= 4 is 0 Å². The second kappa shape index (κ2) is 4.28. The molecular formula is C10H17N3O2. The van der Waals surface area contributed by atoms with Crippen LogP contribution in [-0.4, -0.2) is 31.8 Å². The van der Waals surface area contributed by atoms with Crippen LogP contribution in [0.1, 0.15) is 31.4 Å². The van der Waals surface area contributed by atoms with Gasteiger partial charge in [-0.2, -0.15) is 0 Å². The average Bonchev–Trinajstić information content (AvgIpc) is 2.88. The predicted octanol–water partition coefficient (Wildman–Crippen LogP) is 0.323. The third-order valence-electron chi connectivity index (χ3n) is 3.25. The average molecular weight is 211 g/mol. The quantitative estimate of drug-likeness (QED) is 0.752. The van der Waals surface area contributed by atoms with Gasteiger partial charge >= 0.3 is 0 Å². The Kier molecular flexibility index (Phi) is 3.02. The zero-order chi connectivity index (χ0) is 10.7. The molecule has 0 spiro atoms. The van der Waals surface area contributed by atoms with E-state index in [2.05, 4.69) is 10.3 Å². The standard InChI is InChI=1S/C10H17N3O2/c14-6-9-5-13(12-11-9)7-10(8-15)3-1-2-4-10/h5,14-15H,1-4,6-8H2. The first-order valence-electron chi connectivity index (χ1n) is 5.39. The first kappa shape index (κ1) is 10.6. The molecule has 0 unspecified atom stereocenters. The number of nitrogens with zero attached hydrogens (tertiary/aromatic N) is 3. The molecule has 5 heteroatoms. The summed E-state index contributed by atoms with van der Waals surface area (Å²) in [4.78, 5) is 0. The third-order valence-corrected chi connectivity index (χ3v) is 3.25. The molecular weight excluding hydrogens is 194 g/mol. The van der Waals surface area contributed by atoms with E-state index in [0.29, 0.717) is 12.2 Å². The normalized spacial score (nSPS) is 19.6. The smallest absolute Gasteiger partial charge is 0.108 e. The van der Waals surface area contributed by atoms with Crippen molar-refractivity contribution in [3.8, 4) is 0 Å². The van der Waals surface area contributed by atoms with Crippen LogP contribution < -0.4 is 0 Å². The summed E-state index contributed by atoms with van der Waals surface area (Å²) in [6, 6.07) is 0. The zero-order valence-corrected chi connectivity index (χ0v) is 8.76. The number of aliphatic hydroxyl groups excluding tert-OH is 2. The number of rotatable bonds is 4. The molecule has 1 saturated carbocycles. The lowest BCUT2D eigenvalue weighted by molar-refractivity contribution is 0.106. The van der Waals surface area contributed by atoms with Gasteiger partial charge in [0.15, 0.2) is 0 Å². The van der Waals surface area contributed by atoms with E-state index in [1.165, 1.54) is 12.8 Å². The highest BCUT2D eigenvalue weighted by atomic mass is 16.3. The van der Waals surface area contributed by atoms with Crippen LogP contribution >= 0.6 is 0 Å². The molecule has 0 radical (unpaired) electrons. The van der Waals surface area contributed by atoms with Gasteiger partial charge in [0.05, 0.1) is 26.0 Å². The summed E-state index contributed by atoms with van der Waals surface area (Å²) in [5.41, 5.74) is 0.571. The van der Waals surface area contributed by atoms with Gasteiger partial charge in [-0.1, -0.05) is 18.1 Å². The van der Waals surface area contributed by atoms with Crippen LogP contribution in [0.3, 0.4) is 0 Å². The minimum absolute atomic E-state index is 0.0135. The Morgan fingerprint density at radius 3 is 2.60 bits per heavy atom. The van der Waals surface area contributed by atoms with Crippen LogP contribution in [0.15, 0.2) is 6.20 Å². The summed E-state index contributed by atoms with van der Waals surface area (Å²) in [7, 11) is 0. The van der Waals surface area contributed by atoms with E-state index in [4.69, 9.17) is 5.11 Å². The van der Waals surface area contributed by atoms with Gasteiger partial charge in [0.2, 0.25) is 0 Å². The second-order valence-electron chi connectivity index (χ2n) is 4.43. The minimum atomic E-state index is -0.0773. The predicted molar refractivity (Wildman–Crippen MR) is 53.9 cm³/mol. The largest absolute Gasteiger partial charge is 0.396 e. The van der Waals surface area contributed by atoms with Crippen molar-refractivity contribution in [1.82, 2.24) is 15.0 Å². The Bertz CT molecular complexity index is 318. The highest BCUT2D eigenvalue weighted by Gasteiger charge is 2.33. The molecule has 1 fully saturated rings. The van der Waals surface area contributed by atoms with Gasteiger partial charge in [0, 0.05) is 5.41 Å². The van der Waals surface area contributed by atoms with E-state index in [9.17, 15) is 5.11 Å². The summed E-state index contributed by atoms with van der Waals surface area (Å²) in [5.74, 6) is 0. The fraction of sp³-hybridized carbons (Fsp3) is 0.800. The molecule has 84 valence electrons. The molecule has 0 aliphatic heterocycles. The van der Waals surface area contributed by atoms with Crippen LogP contribution in [-0.2, 0) is 13.2 Å². The molecule has 1 aromatic heterocycles. The Morgan fingerprint density at radius 1 is 1.33 bits per heavy atom. The molecule has 0 amide bonds. The van der Waals surface area contributed by atoms with Crippen molar-refractivity contribution in [2.45, 2.75) is 38.8 Å². The van der Waals surface area contributed by atoms with E-state index in [1.807, 2.05) is 0 Å². The van der Waals surface area contributed by atoms with Crippen molar-refractivity contribution in [2.24, 2.45) is 5.41 Å². The van der Waals surface area contributed by atoms with Crippen LogP contribution in [0.25, 0.3) is 0 Å². The second-order valence-corrected chi connectivity index (χ2v) is 4.43. The van der Waals surface area contributed by atoms with Gasteiger partial charge in [-0.25, -0.2) is 0 Å². The summed E-state index contributed by atoms with van der Waals surface area (Å²) >= 11 is 0. The SMILES string of the molecule is OCc1cn(CC2(CO)CCCC2)nn1. The Hall–Kier alpha value is -0.940. The maximum atomic E-state index is 9.43. The summed E-state index contributed by atoms with van der Waals surface area (Å²) in [5, 5.41) is 26.1. The van der Waals surface area contributed by atoms with Gasteiger partial charge in [0.1, 0.15) is 5.69 Å². The number of hydrogen-bond donors (Lipinski definition) is 2. The van der Waals surface area contributed by atoms with Gasteiger partial charge in [-0.15, -0.1) is 5.10 Å². The van der Waals surface area contributed by atoms with E-state index in [-0.39, 0.29) is 18.6 Å². The Balaban J connectivity index is 2.05. The molecule has 2 N–H and O–H groups in total.